The molecule has 186 valence electrons. The number of hydrogen-bond donors (Lipinski definition) is 0. The van der Waals surface area contributed by atoms with Crippen LogP contribution < -0.4 is 9.47 Å². The van der Waals surface area contributed by atoms with E-state index >= 15 is 0 Å². The van der Waals surface area contributed by atoms with Gasteiger partial charge in [0.1, 0.15) is 24.7 Å². The minimum Gasteiger partial charge on any atom is -0.480 e. The normalized spacial score (nSPS) is 10.6. The van der Waals surface area contributed by atoms with Gasteiger partial charge in [-0.25, -0.2) is 9.59 Å². The Kier molecular flexibility index (Phi) is 13.2. The summed E-state index contributed by atoms with van der Waals surface area (Å²) >= 11 is 23.5. The number of carbonyl (C=O) groups is 2. The van der Waals surface area contributed by atoms with Crippen LogP contribution in [0, 0.1) is 0 Å². The topological polar surface area (TPSA) is 89.5 Å². The summed E-state index contributed by atoms with van der Waals surface area (Å²) in [6.45, 7) is 0.480. The highest BCUT2D eigenvalue weighted by Crippen LogP contribution is 2.28. The molecule has 0 atom stereocenters. The quantitative estimate of drug-likeness (QED) is 0.227. The maximum atomic E-state index is 11.7. The van der Waals surface area contributed by atoms with Gasteiger partial charge >= 0.3 is 11.9 Å². The van der Waals surface area contributed by atoms with Gasteiger partial charge in [-0.1, -0.05) is 46.4 Å². The molecule has 0 saturated heterocycles. The first kappa shape index (κ1) is 28.3. The fraction of sp³-hybridized carbons (Fsp3) is 0.364. The first-order valence-electron chi connectivity index (χ1n) is 9.97. The lowest BCUT2D eigenvalue weighted by molar-refractivity contribution is -0.149. The highest BCUT2D eigenvalue weighted by Gasteiger charge is 2.09. The summed E-state index contributed by atoms with van der Waals surface area (Å²) in [5.74, 6) is -0.453. The van der Waals surface area contributed by atoms with Gasteiger partial charge in [0.2, 0.25) is 0 Å². The second-order valence-electron chi connectivity index (χ2n) is 6.39. The average Bonchev–Trinajstić information content (AvgIpc) is 2.79. The van der Waals surface area contributed by atoms with E-state index in [0.29, 0.717) is 31.6 Å². The van der Waals surface area contributed by atoms with Crippen LogP contribution in [0.25, 0.3) is 0 Å². The predicted octanol–water partition coefficient (Wildman–Crippen LogP) is 4.88. The zero-order valence-corrected chi connectivity index (χ0v) is 20.9. The van der Waals surface area contributed by atoms with Crippen molar-refractivity contribution < 1.29 is 38.0 Å². The SMILES string of the molecule is O=C(COc1ccc(Cl)cc1Cl)OCCOCCOCCOC(=O)COc1ccc(Cl)cc1Cl. The molecule has 2 aromatic carbocycles. The van der Waals surface area contributed by atoms with E-state index in [2.05, 4.69) is 0 Å². The zero-order valence-electron chi connectivity index (χ0n) is 17.9. The standard InChI is InChI=1S/C22H22Cl4O8/c23-15-1-3-19(17(25)11-15)33-13-21(27)31-9-7-29-5-6-30-8-10-32-22(28)14-34-20-4-2-16(24)12-18(20)26/h1-4,11-12H,5-10,13-14H2. The van der Waals surface area contributed by atoms with E-state index in [-0.39, 0.29) is 52.9 Å². The summed E-state index contributed by atoms with van der Waals surface area (Å²) in [5, 5.41) is 1.53. The van der Waals surface area contributed by atoms with Gasteiger partial charge in [-0.05, 0) is 36.4 Å². The highest BCUT2D eigenvalue weighted by atomic mass is 35.5. The van der Waals surface area contributed by atoms with Gasteiger partial charge in [-0.15, -0.1) is 0 Å². The molecule has 12 heteroatoms. The Hall–Kier alpha value is -1.94. The van der Waals surface area contributed by atoms with E-state index in [9.17, 15) is 9.59 Å². The van der Waals surface area contributed by atoms with Crippen molar-refractivity contribution in [2.75, 3.05) is 52.9 Å². The first-order valence-corrected chi connectivity index (χ1v) is 11.5. The Balaban J connectivity index is 1.41. The molecular formula is C22H22Cl4O8. The molecule has 0 saturated carbocycles. The molecule has 0 N–H and O–H groups in total. The average molecular weight is 556 g/mol. The third kappa shape index (κ3) is 11.5. The summed E-state index contributed by atoms with van der Waals surface area (Å²) in [5.41, 5.74) is 0. The Labute approximate surface area is 216 Å². The predicted molar refractivity (Wildman–Crippen MR) is 127 cm³/mol. The molecule has 0 heterocycles. The van der Waals surface area contributed by atoms with Crippen molar-refractivity contribution in [2.45, 2.75) is 0 Å². The van der Waals surface area contributed by atoms with Crippen LogP contribution in [0.5, 0.6) is 11.5 Å². The number of rotatable bonds is 15. The molecule has 0 aliphatic rings. The molecule has 0 aliphatic heterocycles. The van der Waals surface area contributed by atoms with E-state index in [4.69, 9.17) is 74.8 Å². The lowest BCUT2D eigenvalue weighted by Gasteiger charge is -2.10. The summed E-state index contributed by atoms with van der Waals surface area (Å²) in [4.78, 5) is 23.3. The summed E-state index contributed by atoms with van der Waals surface area (Å²) in [6, 6.07) is 9.35. The maximum Gasteiger partial charge on any atom is 0.344 e. The van der Waals surface area contributed by atoms with Gasteiger partial charge in [-0.3, -0.25) is 0 Å². The maximum absolute atomic E-state index is 11.7. The van der Waals surface area contributed by atoms with Crippen LogP contribution in [-0.2, 0) is 28.5 Å². The molecule has 0 unspecified atom stereocenters. The van der Waals surface area contributed by atoms with Gasteiger partial charge in [0, 0.05) is 10.0 Å². The van der Waals surface area contributed by atoms with Crippen LogP contribution >= 0.6 is 46.4 Å². The van der Waals surface area contributed by atoms with Crippen LogP contribution in [0.3, 0.4) is 0 Å². The summed E-state index contributed by atoms with van der Waals surface area (Å²) < 4.78 is 31.1. The zero-order chi connectivity index (χ0) is 24.8. The number of ether oxygens (including phenoxy) is 6. The second-order valence-corrected chi connectivity index (χ2v) is 8.08. The molecule has 0 aromatic heterocycles. The highest BCUT2D eigenvalue weighted by molar-refractivity contribution is 6.36. The van der Waals surface area contributed by atoms with Crippen molar-refractivity contribution in [2.24, 2.45) is 0 Å². The fourth-order valence-corrected chi connectivity index (χ4v) is 3.22. The third-order valence-corrected chi connectivity index (χ3v) is 4.89. The number of hydrogen-bond acceptors (Lipinski definition) is 8. The summed E-state index contributed by atoms with van der Waals surface area (Å²) in [7, 11) is 0. The molecule has 8 nitrogen and oxygen atoms in total. The van der Waals surface area contributed by atoms with Crippen molar-refractivity contribution in [1.82, 2.24) is 0 Å². The van der Waals surface area contributed by atoms with Crippen LogP contribution in [0.15, 0.2) is 36.4 Å². The van der Waals surface area contributed by atoms with Gasteiger partial charge < -0.3 is 28.4 Å². The second kappa shape index (κ2) is 15.9. The number of carbonyl (C=O) groups excluding carboxylic acids is 2. The van der Waals surface area contributed by atoms with E-state index in [1.54, 1.807) is 24.3 Å². The van der Waals surface area contributed by atoms with Crippen molar-refractivity contribution in [3.63, 3.8) is 0 Å². The minimum absolute atomic E-state index is 0.0613. The van der Waals surface area contributed by atoms with E-state index in [1.807, 2.05) is 0 Å². The Bertz CT molecular complexity index is 866. The van der Waals surface area contributed by atoms with Gasteiger partial charge in [0.25, 0.3) is 0 Å². The lowest BCUT2D eigenvalue weighted by Crippen LogP contribution is -2.19. The van der Waals surface area contributed by atoms with Crippen molar-refractivity contribution in [1.29, 1.82) is 0 Å². The van der Waals surface area contributed by atoms with Crippen LogP contribution in [-0.4, -0.2) is 64.8 Å². The van der Waals surface area contributed by atoms with Crippen molar-refractivity contribution >= 4 is 58.3 Å². The summed E-state index contributed by atoms with van der Waals surface area (Å²) in [6.07, 6.45) is 0. The molecule has 0 amide bonds. The van der Waals surface area contributed by atoms with Crippen LogP contribution in [0.2, 0.25) is 20.1 Å². The monoisotopic (exact) mass is 554 g/mol. The smallest absolute Gasteiger partial charge is 0.344 e. The molecule has 34 heavy (non-hydrogen) atoms. The van der Waals surface area contributed by atoms with E-state index in [1.165, 1.54) is 12.1 Å². The molecule has 0 radical (unpaired) electrons. The molecule has 0 fully saturated rings. The molecule has 0 spiro atoms. The van der Waals surface area contributed by atoms with Crippen molar-refractivity contribution in [3.8, 4) is 11.5 Å². The minimum atomic E-state index is -0.560. The first-order chi connectivity index (χ1) is 16.3. The fourth-order valence-electron chi connectivity index (χ4n) is 2.29. The largest absolute Gasteiger partial charge is 0.480 e. The van der Waals surface area contributed by atoms with Crippen LogP contribution in [0.4, 0.5) is 0 Å². The third-order valence-electron chi connectivity index (χ3n) is 3.83. The number of halogens is 4. The van der Waals surface area contributed by atoms with E-state index < -0.39 is 11.9 Å². The van der Waals surface area contributed by atoms with Gasteiger partial charge in [0.15, 0.2) is 13.2 Å². The Morgan fingerprint density at radius 2 is 0.971 bits per heavy atom. The number of esters is 2. The van der Waals surface area contributed by atoms with E-state index in [0.717, 1.165) is 0 Å². The lowest BCUT2D eigenvalue weighted by atomic mass is 10.3. The number of benzene rings is 2. The van der Waals surface area contributed by atoms with Gasteiger partial charge in [-0.2, -0.15) is 0 Å². The van der Waals surface area contributed by atoms with Crippen LogP contribution in [0.1, 0.15) is 0 Å². The molecule has 2 aromatic rings. The molecule has 0 aliphatic carbocycles. The molecule has 0 bridgehead atoms. The Morgan fingerprint density at radius 3 is 1.35 bits per heavy atom. The van der Waals surface area contributed by atoms with Gasteiger partial charge in [0.05, 0.1) is 36.5 Å². The Morgan fingerprint density at radius 1 is 0.588 bits per heavy atom. The molecule has 2 rings (SSSR count). The molecular weight excluding hydrogens is 534 g/mol. The van der Waals surface area contributed by atoms with Crippen molar-refractivity contribution in [3.05, 3.63) is 56.5 Å².